The zero-order chi connectivity index (χ0) is 17.1. The number of hydrogen-bond acceptors (Lipinski definition) is 3. The normalized spacial score (nSPS) is 11.0. The predicted molar refractivity (Wildman–Crippen MR) is 99.8 cm³/mol. The van der Waals surface area contributed by atoms with Crippen LogP contribution in [0.2, 0.25) is 0 Å². The van der Waals surface area contributed by atoms with Gasteiger partial charge in [0.25, 0.3) is 5.88 Å². The van der Waals surface area contributed by atoms with E-state index in [1.807, 2.05) is 13.0 Å². The Hall–Kier alpha value is -2.40. The second-order valence-electron chi connectivity index (χ2n) is 5.72. The Morgan fingerprint density at radius 3 is 2.60 bits per heavy atom. The molecule has 25 heavy (non-hydrogen) atoms. The highest BCUT2D eigenvalue weighted by molar-refractivity contribution is 5.88. The highest BCUT2D eigenvalue weighted by Gasteiger charge is 2.16. The molecule has 0 unspecified atom stereocenters. The van der Waals surface area contributed by atoms with Crippen molar-refractivity contribution in [3.8, 4) is 5.88 Å². The molecular weight excluding hydrogens is 341 g/mol. The fourth-order valence-corrected chi connectivity index (χ4v) is 2.73. The molecule has 6 heteroatoms. The molecule has 0 fully saturated rings. The molecule has 0 radical (unpaired) electrons. The first-order chi connectivity index (χ1) is 11.6. The van der Waals surface area contributed by atoms with E-state index in [0.717, 1.165) is 23.0 Å². The van der Waals surface area contributed by atoms with Crippen LogP contribution in [0.3, 0.4) is 0 Å². The third kappa shape index (κ3) is 3.82. The number of rotatable bonds is 5. The van der Waals surface area contributed by atoms with Crippen LogP contribution >= 0.6 is 12.4 Å². The molecule has 3 aromatic rings. The summed E-state index contributed by atoms with van der Waals surface area (Å²) in [5, 5.41) is 9.28. The fourth-order valence-electron chi connectivity index (χ4n) is 2.73. The number of benzene rings is 1. The maximum absolute atomic E-state index is 13.0. The van der Waals surface area contributed by atoms with E-state index >= 15 is 0 Å². The van der Waals surface area contributed by atoms with Crippen LogP contribution < -0.4 is 4.74 Å². The summed E-state index contributed by atoms with van der Waals surface area (Å²) in [6.07, 6.45) is 5.89. The van der Waals surface area contributed by atoms with Crippen molar-refractivity contribution in [2.24, 2.45) is 0 Å². The molecule has 0 saturated carbocycles. The summed E-state index contributed by atoms with van der Waals surface area (Å²) >= 11 is 0. The molecule has 1 aromatic carbocycles. The Bertz CT molecular complexity index is 888. The van der Waals surface area contributed by atoms with E-state index in [4.69, 9.17) is 4.74 Å². The van der Waals surface area contributed by atoms with Gasteiger partial charge in [-0.05, 0) is 44.0 Å². The van der Waals surface area contributed by atoms with Crippen molar-refractivity contribution in [1.82, 2.24) is 14.8 Å². The van der Waals surface area contributed by atoms with Crippen LogP contribution in [0.1, 0.15) is 23.7 Å². The fraction of sp³-hybridized carbons (Fsp3) is 0.263. The minimum absolute atomic E-state index is 0. The molecule has 0 saturated heterocycles. The van der Waals surface area contributed by atoms with E-state index in [9.17, 15) is 4.39 Å². The number of hydrogen-bond donors (Lipinski definition) is 0. The predicted octanol–water partition coefficient (Wildman–Crippen LogP) is 4.76. The van der Waals surface area contributed by atoms with Gasteiger partial charge >= 0.3 is 0 Å². The van der Waals surface area contributed by atoms with Gasteiger partial charge in [0.2, 0.25) is 0 Å². The van der Waals surface area contributed by atoms with Gasteiger partial charge in [0.15, 0.2) is 0 Å². The van der Waals surface area contributed by atoms with Gasteiger partial charge in [-0.2, -0.15) is 5.10 Å². The molecule has 0 aliphatic heterocycles. The molecule has 2 heterocycles. The summed E-state index contributed by atoms with van der Waals surface area (Å²) in [6, 6.07) is 6.26. The van der Waals surface area contributed by atoms with Crippen LogP contribution in [0.5, 0.6) is 5.88 Å². The van der Waals surface area contributed by atoms with Gasteiger partial charge in [0, 0.05) is 17.6 Å². The van der Waals surface area contributed by atoms with Crippen molar-refractivity contribution in [3.05, 3.63) is 65.3 Å². The molecule has 2 aromatic heterocycles. The van der Waals surface area contributed by atoms with Crippen LogP contribution in [0.25, 0.3) is 10.9 Å². The monoisotopic (exact) mass is 361 g/mol. The summed E-state index contributed by atoms with van der Waals surface area (Å²) in [4.78, 5) is 0. The largest absolute Gasteiger partial charge is 0.470 e. The number of nitrogens with zero attached hydrogens (tertiary/aromatic N) is 3. The standard InChI is InChI=1S/C19H20FN3O.ClH/c1-4-5-10-23-14(3)13(2)17-11-21-22-19(18(17)23)24-12-15-6-8-16(20)9-7-15;/h4-9,11H,10,12H2,1-3H3;1H. The van der Waals surface area contributed by atoms with Gasteiger partial charge < -0.3 is 9.30 Å². The second-order valence-corrected chi connectivity index (χ2v) is 5.72. The van der Waals surface area contributed by atoms with Crippen molar-refractivity contribution in [2.45, 2.75) is 33.9 Å². The number of halogens is 2. The Balaban J connectivity index is 0.00000225. The van der Waals surface area contributed by atoms with Crippen molar-refractivity contribution in [2.75, 3.05) is 0 Å². The number of fused-ring (bicyclic) bond motifs is 1. The van der Waals surface area contributed by atoms with Crippen LogP contribution in [0, 0.1) is 19.7 Å². The lowest BCUT2D eigenvalue weighted by Gasteiger charge is -2.10. The van der Waals surface area contributed by atoms with Crippen molar-refractivity contribution in [1.29, 1.82) is 0 Å². The Kier molecular flexibility index (Phi) is 6.15. The van der Waals surface area contributed by atoms with Crippen LogP contribution in [0.4, 0.5) is 4.39 Å². The van der Waals surface area contributed by atoms with Crippen LogP contribution in [0.15, 0.2) is 42.6 Å². The minimum atomic E-state index is -0.257. The molecule has 0 atom stereocenters. The van der Waals surface area contributed by atoms with Crippen LogP contribution in [-0.4, -0.2) is 14.8 Å². The number of aromatic nitrogens is 3. The smallest absolute Gasteiger partial charge is 0.258 e. The van der Waals surface area contributed by atoms with Gasteiger partial charge in [-0.1, -0.05) is 24.3 Å². The zero-order valence-electron chi connectivity index (χ0n) is 14.5. The van der Waals surface area contributed by atoms with E-state index in [1.54, 1.807) is 18.3 Å². The first-order valence-corrected chi connectivity index (χ1v) is 7.91. The third-order valence-electron chi connectivity index (χ3n) is 4.23. The molecule has 3 rings (SSSR count). The summed E-state index contributed by atoms with van der Waals surface area (Å²) in [5.74, 6) is 0.240. The van der Waals surface area contributed by atoms with Crippen molar-refractivity contribution in [3.63, 3.8) is 0 Å². The first-order valence-electron chi connectivity index (χ1n) is 7.91. The molecule has 0 N–H and O–H groups in total. The first kappa shape index (κ1) is 18.9. The van der Waals surface area contributed by atoms with E-state index < -0.39 is 0 Å². The minimum Gasteiger partial charge on any atom is -0.470 e. The molecule has 0 aliphatic rings. The van der Waals surface area contributed by atoms with E-state index in [0.29, 0.717) is 12.5 Å². The van der Waals surface area contributed by atoms with Gasteiger partial charge in [-0.3, -0.25) is 0 Å². The van der Waals surface area contributed by atoms with Crippen LogP contribution in [-0.2, 0) is 13.2 Å². The van der Waals surface area contributed by atoms with E-state index in [1.165, 1.54) is 23.4 Å². The van der Waals surface area contributed by atoms with E-state index in [2.05, 4.69) is 34.7 Å². The molecule has 132 valence electrons. The molecule has 0 amide bonds. The van der Waals surface area contributed by atoms with Gasteiger partial charge in [0.05, 0.1) is 6.20 Å². The summed E-state index contributed by atoms with van der Waals surface area (Å²) < 4.78 is 21.1. The lowest BCUT2D eigenvalue weighted by Crippen LogP contribution is -2.03. The zero-order valence-corrected chi connectivity index (χ0v) is 15.3. The number of ether oxygens (including phenoxy) is 1. The Morgan fingerprint density at radius 2 is 1.92 bits per heavy atom. The highest BCUT2D eigenvalue weighted by atomic mass is 35.5. The Morgan fingerprint density at radius 1 is 1.20 bits per heavy atom. The third-order valence-corrected chi connectivity index (χ3v) is 4.23. The quantitative estimate of drug-likeness (QED) is 0.615. The molecule has 4 nitrogen and oxygen atoms in total. The summed E-state index contributed by atoms with van der Waals surface area (Å²) in [5.41, 5.74) is 4.18. The number of aryl methyl sites for hydroxylation is 1. The average molecular weight is 362 g/mol. The average Bonchev–Trinajstić information content (AvgIpc) is 2.84. The lowest BCUT2D eigenvalue weighted by molar-refractivity contribution is 0.293. The molecular formula is C19H21ClFN3O. The topological polar surface area (TPSA) is 39.9 Å². The summed E-state index contributed by atoms with van der Waals surface area (Å²) in [6.45, 7) is 7.24. The Labute approximate surface area is 152 Å². The highest BCUT2D eigenvalue weighted by Crippen LogP contribution is 2.30. The van der Waals surface area contributed by atoms with Gasteiger partial charge in [0.1, 0.15) is 17.9 Å². The maximum Gasteiger partial charge on any atom is 0.258 e. The summed E-state index contributed by atoms with van der Waals surface area (Å²) in [7, 11) is 0. The second kappa shape index (κ2) is 8.12. The van der Waals surface area contributed by atoms with Gasteiger partial charge in [-0.25, -0.2) is 4.39 Å². The van der Waals surface area contributed by atoms with Crippen molar-refractivity contribution < 1.29 is 9.13 Å². The van der Waals surface area contributed by atoms with Crippen molar-refractivity contribution >= 4 is 23.3 Å². The lowest BCUT2D eigenvalue weighted by atomic mass is 10.2. The molecule has 0 spiro atoms. The number of allylic oxidation sites excluding steroid dienone is 2. The molecule has 0 bridgehead atoms. The molecule has 0 aliphatic carbocycles. The maximum atomic E-state index is 13.0. The van der Waals surface area contributed by atoms with Gasteiger partial charge in [-0.15, -0.1) is 17.5 Å². The van der Waals surface area contributed by atoms with E-state index in [-0.39, 0.29) is 18.2 Å². The SMILES string of the molecule is CC=CCn1c(C)c(C)c2cnnc(OCc3ccc(F)cc3)c21.Cl.